The molecule has 0 fully saturated rings. The highest BCUT2D eigenvalue weighted by Crippen LogP contribution is 2.19. The third kappa shape index (κ3) is 4.48. The standard InChI is InChI=1S/C17H13ClFN5O/c18-14-7-12(4-5-15(14)19)24-16(25)11-8-21-17(22-9-11)23-10-13-3-1-2-6-20-13/h1-9H,10H2,(H,24,25)(H,21,22,23). The van der Waals surface area contributed by atoms with Gasteiger partial charge in [-0.1, -0.05) is 17.7 Å². The zero-order valence-electron chi connectivity index (χ0n) is 12.9. The first-order valence-electron chi connectivity index (χ1n) is 7.34. The molecule has 0 atom stereocenters. The number of anilines is 2. The maximum absolute atomic E-state index is 13.1. The molecule has 8 heteroatoms. The number of carbonyl (C=O) groups is 1. The summed E-state index contributed by atoms with van der Waals surface area (Å²) in [5, 5.41) is 5.55. The zero-order chi connectivity index (χ0) is 17.6. The van der Waals surface area contributed by atoms with E-state index in [1.807, 2.05) is 18.2 Å². The van der Waals surface area contributed by atoms with E-state index in [1.165, 1.54) is 30.6 Å². The molecule has 0 aliphatic heterocycles. The Bertz CT molecular complexity index is 874. The summed E-state index contributed by atoms with van der Waals surface area (Å²) >= 11 is 5.68. The fraction of sp³-hybridized carbons (Fsp3) is 0.0588. The minimum absolute atomic E-state index is 0.0666. The van der Waals surface area contributed by atoms with E-state index in [-0.39, 0.29) is 10.6 Å². The molecule has 0 spiro atoms. The Kier molecular flexibility index (Phi) is 5.15. The summed E-state index contributed by atoms with van der Waals surface area (Å²) in [6, 6.07) is 9.53. The van der Waals surface area contributed by atoms with Crippen molar-refractivity contribution < 1.29 is 9.18 Å². The van der Waals surface area contributed by atoms with E-state index in [0.717, 1.165) is 5.69 Å². The van der Waals surface area contributed by atoms with Crippen LogP contribution >= 0.6 is 11.6 Å². The Morgan fingerprint density at radius 3 is 2.60 bits per heavy atom. The highest BCUT2D eigenvalue weighted by molar-refractivity contribution is 6.31. The van der Waals surface area contributed by atoms with Gasteiger partial charge >= 0.3 is 0 Å². The van der Waals surface area contributed by atoms with Crippen molar-refractivity contribution in [1.82, 2.24) is 15.0 Å². The van der Waals surface area contributed by atoms with E-state index in [0.29, 0.717) is 18.2 Å². The fourth-order valence-corrected chi connectivity index (χ4v) is 2.17. The smallest absolute Gasteiger partial charge is 0.258 e. The Labute approximate surface area is 148 Å². The lowest BCUT2D eigenvalue weighted by molar-refractivity contribution is 0.102. The van der Waals surface area contributed by atoms with Crippen molar-refractivity contribution in [3.05, 3.63) is 77.1 Å². The number of benzene rings is 1. The van der Waals surface area contributed by atoms with E-state index in [4.69, 9.17) is 11.6 Å². The molecule has 2 aromatic heterocycles. The number of nitrogens with one attached hydrogen (secondary N) is 2. The summed E-state index contributed by atoms with van der Waals surface area (Å²) in [5.74, 6) is -0.586. The van der Waals surface area contributed by atoms with Gasteiger partial charge in [0.05, 0.1) is 22.8 Å². The summed E-state index contributed by atoms with van der Waals surface area (Å²) in [6.07, 6.45) is 4.50. The predicted octanol–water partition coefficient (Wildman–Crippen LogP) is 3.53. The number of amides is 1. The SMILES string of the molecule is O=C(Nc1ccc(F)c(Cl)c1)c1cnc(NCc2ccccn2)nc1. The first-order valence-corrected chi connectivity index (χ1v) is 7.72. The van der Waals surface area contributed by atoms with Crippen molar-refractivity contribution >= 4 is 29.1 Å². The largest absolute Gasteiger partial charge is 0.349 e. The van der Waals surface area contributed by atoms with Crippen molar-refractivity contribution in [2.45, 2.75) is 6.54 Å². The van der Waals surface area contributed by atoms with Gasteiger partial charge in [-0.15, -0.1) is 0 Å². The van der Waals surface area contributed by atoms with Crippen molar-refractivity contribution in [2.75, 3.05) is 10.6 Å². The van der Waals surface area contributed by atoms with Crippen LogP contribution in [0.4, 0.5) is 16.0 Å². The molecule has 0 saturated carbocycles. The van der Waals surface area contributed by atoms with Gasteiger partial charge in [0.25, 0.3) is 5.91 Å². The second-order valence-corrected chi connectivity index (χ2v) is 5.46. The summed E-state index contributed by atoms with van der Waals surface area (Å²) < 4.78 is 13.1. The lowest BCUT2D eigenvalue weighted by atomic mass is 10.2. The van der Waals surface area contributed by atoms with Crippen molar-refractivity contribution in [2.24, 2.45) is 0 Å². The van der Waals surface area contributed by atoms with Gasteiger partial charge in [0, 0.05) is 24.3 Å². The molecule has 1 amide bonds. The predicted molar refractivity (Wildman–Crippen MR) is 93.0 cm³/mol. The van der Waals surface area contributed by atoms with Gasteiger partial charge in [-0.05, 0) is 30.3 Å². The maximum atomic E-state index is 13.1. The minimum atomic E-state index is -0.550. The van der Waals surface area contributed by atoms with Crippen LogP contribution < -0.4 is 10.6 Å². The van der Waals surface area contributed by atoms with Gasteiger partial charge in [0.1, 0.15) is 5.82 Å². The summed E-state index contributed by atoms with van der Waals surface area (Å²) in [4.78, 5) is 24.5. The quantitative estimate of drug-likeness (QED) is 0.730. The summed E-state index contributed by atoms with van der Waals surface area (Å²) in [5.41, 5.74) is 1.50. The van der Waals surface area contributed by atoms with Gasteiger partial charge < -0.3 is 10.6 Å². The van der Waals surface area contributed by atoms with Gasteiger partial charge in [0.15, 0.2) is 0 Å². The number of aromatic nitrogens is 3. The van der Waals surface area contributed by atoms with Crippen molar-refractivity contribution in [3.8, 4) is 0 Å². The van der Waals surface area contributed by atoms with E-state index in [9.17, 15) is 9.18 Å². The molecule has 0 radical (unpaired) electrons. The molecule has 2 heterocycles. The van der Waals surface area contributed by atoms with Crippen LogP contribution in [-0.2, 0) is 6.54 Å². The first kappa shape index (κ1) is 16.8. The Morgan fingerprint density at radius 1 is 1.12 bits per heavy atom. The molecule has 0 saturated heterocycles. The first-order chi connectivity index (χ1) is 12.1. The molecule has 6 nitrogen and oxygen atoms in total. The normalized spacial score (nSPS) is 10.3. The Hall–Kier alpha value is -3.06. The maximum Gasteiger partial charge on any atom is 0.258 e. The number of nitrogens with zero attached hydrogens (tertiary/aromatic N) is 3. The topological polar surface area (TPSA) is 79.8 Å². The average molecular weight is 358 g/mol. The molecule has 0 aliphatic carbocycles. The molecule has 3 aromatic rings. The monoisotopic (exact) mass is 357 g/mol. The minimum Gasteiger partial charge on any atom is -0.349 e. The van der Waals surface area contributed by atoms with Crippen LogP contribution in [0.15, 0.2) is 55.0 Å². The second kappa shape index (κ2) is 7.67. The van der Waals surface area contributed by atoms with Crippen molar-refractivity contribution in [1.29, 1.82) is 0 Å². The van der Waals surface area contributed by atoms with Gasteiger partial charge in [-0.2, -0.15) is 0 Å². The molecule has 2 N–H and O–H groups in total. The van der Waals surface area contributed by atoms with Crippen molar-refractivity contribution in [3.63, 3.8) is 0 Å². The lowest BCUT2D eigenvalue weighted by Gasteiger charge is -2.07. The fourth-order valence-electron chi connectivity index (χ4n) is 1.99. The molecule has 126 valence electrons. The van der Waals surface area contributed by atoms with Crippen LogP contribution in [-0.4, -0.2) is 20.9 Å². The average Bonchev–Trinajstić information content (AvgIpc) is 2.64. The summed E-state index contributed by atoms with van der Waals surface area (Å²) in [6.45, 7) is 0.473. The highest BCUT2D eigenvalue weighted by atomic mass is 35.5. The van der Waals surface area contributed by atoms with Crippen LogP contribution in [0.25, 0.3) is 0 Å². The lowest BCUT2D eigenvalue weighted by Crippen LogP contribution is -2.13. The number of hydrogen-bond donors (Lipinski definition) is 2. The van der Waals surface area contributed by atoms with E-state index in [1.54, 1.807) is 6.20 Å². The van der Waals surface area contributed by atoms with Crippen LogP contribution in [0.5, 0.6) is 0 Å². The molecular formula is C17H13ClFN5O. The van der Waals surface area contributed by atoms with Crippen LogP contribution in [0, 0.1) is 5.82 Å². The van der Waals surface area contributed by atoms with E-state index >= 15 is 0 Å². The highest BCUT2D eigenvalue weighted by Gasteiger charge is 2.09. The molecule has 0 unspecified atom stereocenters. The second-order valence-electron chi connectivity index (χ2n) is 5.05. The zero-order valence-corrected chi connectivity index (χ0v) is 13.7. The third-order valence-corrected chi connectivity index (χ3v) is 3.53. The van der Waals surface area contributed by atoms with Gasteiger partial charge in [-0.25, -0.2) is 14.4 Å². The molecular weight excluding hydrogens is 345 g/mol. The molecule has 1 aromatic carbocycles. The Balaban J connectivity index is 1.61. The summed E-state index contributed by atoms with van der Waals surface area (Å²) in [7, 11) is 0. The number of carbonyl (C=O) groups excluding carboxylic acids is 1. The van der Waals surface area contributed by atoms with Gasteiger partial charge in [0.2, 0.25) is 5.95 Å². The van der Waals surface area contributed by atoms with Gasteiger partial charge in [-0.3, -0.25) is 9.78 Å². The third-order valence-electron chi connectivity index (χ3n) is 3.25. The molecule has 3 rings (SSSR count). The number of hydrogen-bond acceptors (Lipinski definition) is 5. The van der Waals surface area contributed by atoms with Crippen LogP contribution in [0.1, 0.15) is 16.1 Å². The number of halogens is 2. The number of pyridine rings is 1. The van der Waals surface area contributed by atoms with E-state index in [2.05, 4.69) is 25.6 Å². The molecule has 25 heavy (non-hydrogen) atoms. The molecule has 0 bridgehead atoms. The Morgan fingerprint density at radius 2 is 1.92 bits per heavy atom. The van der Waals surface area contributed by atoms with Crippen LogP contribution in [0.2, 0.25) is 5.02 Å². The number of rotatable bonds is 5. The van der Waals surface area contributed by atoms with Crippen LogP contribution in [0.3, 0.4) is 0 Å². The molecule has 0 aliphatic rings. The van der Waals surface area contributed by atoms with E-state index < -0.39 is 11.7 Å².